The Morgan fingerprint density at radius 2 is 1.94 bits per heavy atom. The van der Waals surface area contributed by atoms with Crippen LogP contribution in [-0.2, 0) is 0 Å². The first-order chi connectivity index (χ1) is 16.6. The number of aromatic nitrogens is 1. The largest absolute Gasteiger partial charge is 0.497 e. The van der Waals surface area contributed by atoms with Crippen molar-refractivity contribution < 1.29 is 24.1 Å². The van der Waals surface area contributed by atoms with Crippen LogP contribution in [0.1, 0.15) is 34.9 Å². The zero-order valence-corrected chi connectivity index (χ0v) is 19.2. The van der Waals surface area contributed by atoms with Crippen LogP contribution in [0.3, 0.4) is 0 Å². The van der Waals surface area contributed by atoms with E-state index in [9.17, 15) is 9.90 Å². The monoisotopic (exact) mass is 463 g/mol. The molecule has 178 valence electrons. The van der Waals surface area contributed by atoms with Gasteiger partial charge >= 0.3 is 0 Å². The molecule has 3 aromatic rings. The first-order valence-electron chi connectivity index (χ1n) is 11.6. The molecular formula is C26H29N3O5. The van der Waals surface area contributed by atoms with Gasteiger partial charge < -0.3 is 29.5 Å². The van der Waals surface area contributed by atoms with E-state index in [2.05, 4.69) is 15.2 Å². The predicted molar refractivity (Wildman–Crippen MR) is 128 cm³/mol. The van der Waals surface area contributed by atoms with Crippen LogP contribution >= 0.6 is 0 Å². The maximum Gasteiger partial charge on any atom is 0.251 e. The maximum atomic E-state index is 12.7. The van der Waals surface area contributed by atoms with Crippen molar-refractivity contribution in [2.45, 2.75) is 25.0 Å². The number of piperidine rings is 1. The summed E-state index contributed by atoms with van der Waals surface area (Å²) < 4.78 is 16.5. The zero-order chi connectivity index (χ0) is 23.5. The van der Waals surface area contributed by atoms with Crippen molar-refractivity contribution in [1.82, 2.24) is 15.2 Å². The number of ether oxygens (including phenoxy) is 3. The van der Waals surface area contributed by atoms with Crippen LogP contribution in [0.15, 0.2) is 48.7 Å². The Morgan fingerprint density at radius 3 is 2.74 bits per heavy atom. The number of fused-ring (bicyclic) bond motifs is 2. The number of hydrogen-bond donors (Lipinski definition) is 2. The van der Waals surface area contributed by atoms with E-state index in [0.29, 0.717) is 36.8 Å². The standard InChI is InChI=1S/C26H29N3O5/c1-32-19-3-4-22-21(15-19)20(6-9-27-22)23(30)16-29-10-7-18(8-11-29)28-26(31)17-2-5-24-25(14-17)34-13-12-33-24/h2-6,9,14-15,18,23,30H,7-8,10-13,16H2,1H3,(H,28,31)/t23-/m0/s1. The molecule has 1 atom stereocenters. The minimum atomic E-state index is -0.638. The summed E-state index contributed by atoms with van der Waals surface area (Å²) in [6.45, 7) is 3.15. The number of likely N-dealkylation sites (tertiary alicyclic amines) is 1. The molecule has 1 fully saturated rings. The lowest BCUT2D eigenvalue weighted by Gasteiger charge is -2.33. The van der Waals surface area contributed by atoms with Gasteiger partial charge in [-0.05, 0) is 60.9 Å². The second kappa shape index (κ2) is 9.87. The van der Waals surface area contributed by atoms with Crippen molar-refractivity contribution >= 4 is 16.8 Å². The first kappa shape index (κ1) is 22.4. The van der Waals surface area contributed by atoms with Crippen LogP contribution < -0.4 is 19.5 Å². The normalized spacial score (nSPS) is 17.4. The average molecular weight is 464 g/mol. The highest BCUT2D eigenvalue weighted by molar-refractivity contribution is 5.95. The van der Waals surface area contributed by atoms with Crippen LogP contribution in [-0.4, -0.2) is 66.9 Å². The number of amides is 1. The summed E-state index contributed by atoms with van der Waals surface area (Å²) in [6.07, 6.45) is 2.75. The molecule has 3 heterocycles. The Balaban J connectivity index is 1.17. The van der Waals surface area contributed by atoms with Gasteiger partial charge in [0.2, 0.25) is 0 Å². The molecule has 8 nitrogen and oxygen atoms in total. The molecule has 0 spiro atoms. The van der Waals surface area contributed by atoms with E-state index >= 15 is 0 Å². The summed E-state index contributed by atoms with van der Waals surface area (Å²) in [5.74, 6) is 1.93. The summed E-state index contributed by atoms with van der Waals surface area (Å²) in [6, 6.07) is 12.9. The van der Waals surface area contributed by atoms with E-state index in [1.54, 1.807) is 31.5 Å². The Bertz CT molecular complexity index is 1180. The van der Waals surface area contributed by atoms with Gasteiger partial charge in [0.15, 0.2) is 11.5 Å². The lowest BCUT2D eigenvalue weighted by Crippen LogP contribution is -2.45. The summed E-state index contributed by atoms with van der Waals surface area (Å²) in [7, 11) is 1.63. The van der Waals surface area contributed by atoms with Gasteiger partial charge in [-0.1, -0.05) is 0 Å². The number of rotatable bonds is 6. The highest BCUT2D eigenvalue weighted by atomic mass is 16.6. The smallest absolute Gasteiger partial charge is 0.251 e. The van der Waals surface area contributed by atoms with Crippen molar-refractivity contribution in [3.8, 4) is 17.2 Å². The van der Waals surface area contributed by atoms with Crippen LogP contribution in [0.25, 0.3) is 10.9 Å². The summed E-state index contributed by atoms with van der Waals surface area (Å²) in [4.78, 5) is 19.4. The highest BCUT2D eigenvalue weighted by Gasteiger charge is 2.24. The lowest BCUT2D eigenvalue weighted by molar-refractivity contribution is 0.0830. The molecule has 2 aromatic carbocycles. The molecule has 34 heavy (non-hydrogen) atoms. The first-order valence-corrected chi connectivity index (χ1v) is 11.6. The minimum absolute atomic E-state index is 0.0973. The van der Waals surface area contributed by atoms with E-state index in [1.807, 2.05) is 24.3 Å². The Kier molecular flexibility index (Phi) is 6.51. The fourth-order valence-electron chi connectivity index (χ4n) is 4.62. The third-order valence-corrected chi connectivity index (χ3v) is 6.50. The number of β-amino-alcohol motifs (C(OH)–C–C–N with tert-alkyl or cyclic N) is 1. The Morgan fingerprint density at radius 1 is 1.15 bits per heavy atom. The molecule has 2 aliphatic heterocycles. The highest BCUT2D eigenvalue weighted by Crippen LogP contribution is 2.31. The fourth-order valence-corrected chi connectivity index (χ4v) is 4.62. The van der Waals surface area contributed by atoms with Gasteiger partial charge in [-0.15, -0.1) is 0 Å². The predicted octanol–water partition coefficient (Wildman–Crippen LogP) is 2.94. The van der Waals surface area contributed by atoms with Crippen molar-refractivity contribution in [3.05, 3.63) is 59.8 Å². The number of aliphatic hydroxyl groups is 1. The van der Waals surface area contributed by atoms with Crippen molar-refractivity contribution in [1.29, 1.82) is 0 Å². The van der Waals surface area contributed by atoms with Crippen LogP contribution in [0, 0.1) is 0 Å². The van der Waals surface area contributed by atoms with E-state index < -0.39 is 6.10 Å². The minimum Gasteiger partial charge on any atom is -0.497 e. The molecule has 0 radical (unpaired) electrons. The molecule has 8 heteroatoms. The van der Waals surface area contributed by atoms with Crippen LogP contribution in [0.2, 0.25) is 0 Å². The summed E-state index contributed by atoms with van der Waals surface area (Å²) in [5, 5.41) is 15.0. The van der Waals surface area contributed by atoms with E-state index in [1.165, 1.54) is 0 Å². The topological polar surface area (TPSA) is 93.2 Å². The molecule has 1 saturated heterocycles. The molecule has 1 amide bonds. The quantitative estimate of drug-likeness (QED) is 0.581. The molecule has 0 saturated carbocycles. The molecule has 5 rings (SSSR count). The number of hydrogen-bond acceptors (Lipinski definition) is 7. The van der Waals surface area contributed by atoms with Crippen molar-refractivity contribution in [3.63, 3.8) is 0 Å². The van der Waals surface area contributed by atoms with Gasteiger partial charge in [0, 0.05) is 42.8 Å². The van der Waals surface area contributed by atoms with Gasteiger partial charge in [0.25, 0.3) is 5.91 Å². The fraction of sp³-hybridized carbons (Fsp3) is 0.385. The molecule has 2 N–H and O–H groups in total. The number of nitrogens with one attached hydrogen (secondary N) is 1. The average Bonchev–Trinajstić information content (AvgIpc) is 2.88. The SMILES string of the molecule is COc1ccc2nccc([C@@H](O)CN3CCC(NC(=O)c4ccc5c(c4)OCCO5)CC3)c2c1. The number of methoxy groups -OCH3 is 1. The summed E-state index contributed by atoms with van der Waals surface area (Å²) in [5.41, 5.74) is 2.25. The zero-order valence-electron chi connectivity index (χ0n) is 19.2. The Labute approximate surface area is 198 Å². The second-order valence-electron chi connectivity index (χ2n) is 8.71. The number of benzene rings is 2. The molecule has 0 aliphatic carbocycles. The molecule has 1 aromatic heterocycles. The third kappa shape index (κ3) is 4.78. The third-order valence-electron chi connectivity index (χ3n) is 6.50. The van der Waals surface area contributed by atoms with Gasteiger partial charge in [0.1, 0.15) is 19.0 Å². The maximum absolute atomic E-state index is 12.7. The van der Waals surface area contributed by atoms with E-state index in [-0.39, 0.29) is 11.9 Å². The molecular weight excluding hydrogens is 434 g/mol. The van der Waals surface area contributed by atoms with Crippen LogP contribution in [0.4, 0.5) is 0 Å². The number of carbonyl (C=O) groups excluding carboxylic acids is 1. The van der Waals surface area contributed by atoms with Gasteiger partial charge in [-0.2, -0.15) is 0 Å². The number of pyridine rings is 1. The molecule has 0 unspecified atom stereocenters. The van der Waals surface area contributed by atoms with Gasteiger partial charge in [-0.3, -0.25) is 9.78 Å². The van der Waals surface area contributed by atoms with E-state index in [4.69, 9.17) is 14.2 Å². The molecule has 0 bridgehead atoms. The number of nitrogens with zero attached hydrogens (tertiary/aromatic N) is 2. The lowest BCUT2D eigenvalue weighted by atomic mass is 10.0. The second-order valence-corrected chi connectivity index (χ2v) is 8.71. The van der Waals surface area contributed by atoms with Crippen LogP contribution in [0.5, 0.6) is 17.2 Å². The van der Waals surface area contributed by atoms with E-state index in [0.717, 1.165) is 48.1 Å². The number of carbonyl (C=O) groups is 1. The van der Waals surface area contributed by atoms with Gasteiger partial charge in [0.05, 0.1) is 18.7 Å². The molecule has 2 aliphatic rings. The number of aliphatic hydroxyl groups excluding tert-OH is 1. The van der Waals surface area contributed by atoms with Gasteiger partial charge in [-0.25, -0.2) is 0 Å². The van der Waals surface area contributed by atoms with Crippen molar-refractivity contribution in [2.24, 2.45) is 0 Å². The van der Waals surface area contributed by atoms with Crippen molar-refractivity contribution in [2.75, 3.05) is 40.0 Å². The summed E-state index contributed by atoms with van der Waals surface area (Å²) >= 11 is 0. The Hall–Kier alpha value is -3.36.